The first-order chi connectivity index (χ1) is 13.0. The number of rotatable bonds is 6. The zero-order chi connectivity index (χ0) is 21.2. The second kappa shape index (κ2) is 8.32. The predicted molar refractivity (Wildman–Crippen MR) is 112 cm³/mol. The molecule has 0 aliphatic carbocycles. The Labute approximate surface area is 167 Å². The van der Waals surface area contributed by atoms with Crippen LogP contribution in [0.2, 0.25) is 0 Å². The van der Waals surface area contributed by atoms with Crippen molar-refractivity contribution in [1.29, 1.82) is 0 Å². The third-order valence-electron chi connectivity index (χ3n) is 5.25. The van der Waals surface area contributed by atoms with E-state index < -0.39 is 15.9 Å². The van der Waals surface area contributed by atoms with Gasteiger partial charge in [-0.05, 0) is 87.1 Å². The normalized spacial score (nSPS) is 11.4. The highest BCUT2D eigenvalue weighted by molar-refractivity contribution is 7.89. The maximum absolute atomic E-state index is 12.9. The van der Waals surface area contributed by atoms with E-state index in [1.54, 1.807) is 26.0 Å². The summed E-state index contributed by atoms with van der Waals surface area (Å²) in [6.45, 7) is 10.9. The number of hydrogen-bond donors (Lipinski definition) is 2. The number of carbonyl (C=O) groups excluding carboxylic acids is 1. The number of aryl methyl sites for hydroxylation is 1. The minimum atomic E-state index is -3.84. The summed E-state index contributed by atoms with van der Waals surface area (Å²) < 4.78 is 33.5. The molecule has 0 bridgehead atoms. The molecule has 0 spiro atoms. The fourth-order valence-electron chi connectivity index (χ4n) is 3.22. The van der Waals surface area contributed by atoms with Crippen LogP contribution < -0.4 is 14.8 Å². The summed E-state index contributed by atoms with van der Waals surface area (Å²) in [5.41, 5.74) is 5.82. The van der Waals surface area contributed by atoms with Gasteiger partial charge >= 0.3 is 0 Å². The summed E-state index contributed by atoms with van der Waals surface area (Å²) in [6, 6.07) is 5.39. The van der Waals surface area contributed by atoms with Crippen LogP contribution >= 0.6 is 0 Å². The third kappa shape index (κ3) is 4.36. The van der Waals surface area contributed by atoms with Gasteiger partial charge in [-0.15, -0.1) is 0 Å². The number of hydrogen-bond acceptors (Lipinski definition) is 4. The quantitative estimate of drug-likeness (QED) is 0.772. The van der Waals surface area contributed by atoms with Gasteiger partial charge in [-0.2, -0.15) is 0 Å². The molecule has 2 rings (SSSR count). The van der Waals surface area contributed by atoms with Gasteiger partial charge in [0.25, 0.3) is 0 Å². The van der Waals surface area contributed by atoms with Crippen molar-refractivity contribution in [3.63, 3.8) is 0 Å². The van der Waals surface area contributed by atoms with Gasteiger partial charge in [-0.25, -0.2) is 13.1 Å². The Hall–Kier alpha value is -2.38. The van der Waals surface area contributed by atoms with Crippen molar-refractivity contribution >= 4 is 21.6 Å². The van der Waals surface area contributed by atoms with Gasteiger partial charge in [0, 0.05) is 0 Å². The first-order valence-electron chi connectivity index (χ1n) is 9.00. The Morgan fingerprint density at radius 3 is 2.00 bits per heavy atom. The maximum Gasteiger partial charge on any atom is 0.241 e. The molecule has 6 nitrogen and oxygen atoms in total. The molecule has 0 unspecified atom stereocenters. The molecule has 28 heavy (non-hydrogen) atoms. The van der Waals surface area contributed by atoms with Crippen molar-refractivity contribution in [2.75, 3.05) is 19.0 Å². The highest BCUT2D eigenvalue weighted by Gasteiger charge is 2.24. The molecule has 7 heteroatoms. The Morgan fingerprint density at radius 2 is 1.46 bits per heavy atom. The van der Waals surface area contributed by atoms with Gasteiger partial charge in [0.15, 0.2) is 0 Å². The Kier molecular flexibility index (Phi) is 6.52. The number of nitrogens with one attached hydrogen (secondary N) is 2. The molecule has 0 fully saturated rings. The highest BCUT2D eigenvalue weighted by Crippen LogP contribution is 2.29. The van der Waals surface area contributed by atoms with Crippen LogP contribution in [0.15, 0.2) is 23.1 Å². The number of ether oxygens (including phenoxy) is 1. The van der Waals surface area contributed by atoms with E-state index in [4.69, 9.17) is 4.74 Å². The lowest BCUT2D eigenvalue weighted by molar-refractivity contribution is -0.115. The summed E-state index contributed by atoms with van der Waals surface area (Å²) in [5, 5.41) is 2.70. The first-order valence-corrected chi connectivity index (χ1v) is 10.5. The van der Waals surface area contributed by atoms with Crippen molar-refractivity contribution in [3.05, 3.63) is 51.6 Å². The zero-order valence-electron chi connectivity index (χ0n) is 17.5. The molecule has 0 aliphatic rings. The maximum atomic E-state index is 12.9. The van der Waals surface area contributed by atoms with Crippen LogP contribution in [-0.2, 0) is 14.8 Å². The second-order valence-electron chi connectivity index (χ2n) is 7.03. The second-order valence-corrected chi connectivity index (χ2v) is 8.73. The average Bonchev–Trinajstić information content (AvgIpc) is 2.63. The number of carbonyl (C=O) groups is 1. The standard InChI is InChI=1S/C21H28N2O4S/c1-12-8-9-19(27-7)18(10-12)23-20(24)11-22-28(25,26)21-16(5)14(3)13(2)15(4)17(21)6/h8-10,22H,11H2,1-7H3,(H,23,24). The molecule has 0 atom stereocenters. The molecule has 2 N–H and O–H groups in total. The molecule has 0 aromatic heterocycles. The fourth-order valence-corrected chi connectivity index (χ4v) is 4.79. The van der Waals surface area contributed by atoms with Crippen LogP contribution in [0.4, 0.5) is 5.69 Å². The monoisotopic (exact) mass is 404 g/mol. The van der Waals surface area contributed by atoms with E-state index in [2.05, 4.69) is 10.0 Å². The van der Waals surface area contributed by atoms with Crippen molar-refractivity contribution in [2.45, 2.75) is 46.4 Å². The van der Waals surface area contributed by atoms with Gasteiger partial charge in [0.2, 0.25) is 15.9 Å². The van der Waals surface area contributed by atoms with E-state index >= 15 is 0 Å². The smallest absolute Gasteiger partial charge is 0.241 e. The van der Waals surface area contributed by atoms with Crippen LogP contribution in [-0.4, -0.2) is 28.0 Å². The molecule has 0 saturated carbocycles. The van der Waals surface area contributed by atoms with Crippen LogP contribution in [0.25, 0.3) is 0 Å². The van der Waals surface area contributed by atoms with Crippen molar-refractivity contribution in [1.82, 2.24) is 4.72 Å². The molecule has 2 aromatic carbocycles. The van der Waals surface area contributed by atoms with E-state index in [0.717, 1.165) is 22.3 Å². The zero-order valence-corrected chi connectivity index (χ0v) is 18.3. The van der Waals surface area contributed by atoms with Crippen molar-refractivity contribution in [3.8, 4) is 5.75 Å². The summed E-state index contributed by atoms with van der Waals surface area (Å²) in [5.74, 6) is 0.0432. The summed E-state index contributed by atoms with van der Waals surface area (Å²) >= 11 is 0. The summed E-state index contributed by atoms with van der Waals surface area (Å²) in [6.07, 6.45) is 0. The Balaban J connectivity index is 2.23. The lowest BCUT2D eigenvalue weighted by Gasteiger charge is -2.19. The largest absolute Gasteiger partial charge is 0.495 e. The Bertz CT molecular complexity index is 998. The van der Waals surface area contributed by atoms with E-state index in [0.29, 0.717) is 22.6 Å². The summed E-state index contributed by atoms with van der Waals surface area (Å²) in [4.78, 5) is 12.6. The van der Waals surface area contributed by atoms with E-state index in [1.165, 1.54) is 7.11 Å². The third-order valence-corrected chi connectivity index (χ3v) is 6.93. The lowest BCUT2D eigenvalue weighted by atomic mass is 9.95. The number of sulfonamides is 1. The molecule has 0 heterocycles. The molecular weight excluding hydrogens is 376 g/mol. The van der Waals surface area contributed by atoms with Gasteiger partial charge in [0.05, 0.1) is 24.2 Å². The van der Waals surface area contributed by atoms with Crippen LogP contribution in [0, 0.1) is 41.5 Å². The van der Waals surface area contributed by atoms with Crippen molar-refractivity contribution in [2.24, 2.45) is 0 Å². The van der Waals surface area contributed by atoms with Gasteiger partial charge < -0.3 is 10.1 Å². The van der Waals surface area contributed by atoms with Gasteiger partial charge in [-0.1, -0.05) is 6.07 Å². The molecule has 1 amide bonds. The topological polar surface area (TPSA) is 84.5 Å². The number of benzene rings is 2. The first kappa shape index (κ1) is 21.9. The molecular formula is C21H28N2O4S. The SMILES string of the molecule is COc1ccc(C)cc1NC(=O)CNS(=O)(=O)c1c(C)c(C)c(C)c(C)c1C. The van der Waals surface area contributed by atoms with E-state index in [9.17, 15) is 13.2 Å². The van der Waals surface area contributed by atoms with Crippen LogP contribution in [0.1, 0.15) is 33.4 Å². The number of anilines is 1. The molecule has 152 valence electrons. The highest BCUT2D eigenvalue weighted by atomic mass is 32.2. The minimum absolute atomic E-state index is 0.244. The molecule has 0 radical (unpaired) electrons. The van der Waals surface area contributed by atoms with E-state index in [1.807, 2.05) is 33.8 Å². The van der Waals surface area contributed by atoms with E-state index in [-0.39, 0.29) is 11.4 Å². The number of methoxy groups -OCH3 is 1. The summed E-state index contributed by atoms with van der Waals surface area (Å²) in [7, 11) is -2.33. The number of amides is 1. The van der Waals surface area contributed by atoms with Gasteiger partial charge in [0.1, 0.15) is 5.75 Å². The average molecular weight is 405 g/mol. The fraction of sp³-hybridized carbons (Fsp3) is 0.381. The molecule has 0 aliphatic heterocycles. The minimum Gasteiger partial charge on any atom is -0.495 e. The van der Waals surface area contributed by atoms with Crippen molar-refractivity contribution < 1.29 is 17.9 Å². The van der Waals surface area contributed by atoms with Crippen LogP contribution in [0.3, 0.4) is 0 Å². The van der Waals surface area contributed by atoms with Gasteiger partial charge in [-0.3, -0.25) is 4.79 Å². The lowest BCUT2D eigenvalue weighted by Crippen LogP contribution is -2.34. The molecule has 0 saturated heterocycles. The predicted octanol–water partition coefficient (Wildman–Crippen LogP) is 3.46. The molecule has 2 aromatic rings. The van der Waals surface area contributed by atoms with Crippen LogP contribution in [0.5, 0.6) is 5.75 Å². The Morgan fingerprint density at radius 1 is 0.929 bits per heavy atom.